The van der Waals surface area contributed by atoms with Crippen molar-refractivity contribution in [3.63, 3.8) is 0 Å². The molecule has 5 nitrogen and oxygen atoms in total. The van der Waals surface area contributed by atoms with Gasteiger partial charge in [0.05, 0.1) is 0 Å². The lowest BCUT2D eigenvalue weighted by Crippen LogP contribution is -2.15. The number of primary amides is 1. The molecular formula is C17H24FN3O2. The Hall–Kier alpha value is -2.63. The molecule has 6 heteroatoms. The first kappa shape index (κ1) is 20.4. The molecule has 1 aromatic heterocycles. The normalized spacial score (nSPS) is 8.96. The van der Waals surface area contributed by atoms with E-state index in [1.54, 1.807) is 6.92 Å². The third-order valence-electron chi connectivity index (χ3n) is 2.56. The van der Waals surface area contributed by atoms with Crippen molar-refractivity contribution in [2.75, 3.05) is 5.73 Å². The topological polar surface area (TPSA) is 91.2 Å². The second kappa shape index (κ2) is 10.2. The van der Waals surface area contributed by atoms with E-state index in [4.69, 9.17) is 16.2 Å². The number of benzene rings is 1. The van der Waals surface area contributed by atoms with Crippen molar-refractivity contribution in [1.82, 2.24) is 4.98 Å². The number of carbonyl (C=O) groups is 1. The smallest absolute Gasteiger partial charge is 0.267 e. The van der Waals surface area contributed by atoms with Crippen molar-refractivity contribution in [2.24, 2.45) is 5.73 Å². The van der Waals surface area contributed by atoms with Crippen LogP contribution in [0.15, 0.2) is 30.5 Å². The molecule has 0 atom stereocenters. The van der Waals surface area contributed by atoms with Crippen molar-refractivity contribution < 1.29 is 13.9 Å². The highest BCUT2D eigenvalue weighted by Crippen LogP contribution is 2.28. The Kier molecular flexibility index (Phi) is 8.99. The van der Waals surface area contributed by atoms with Gasteiger partial charge in [-0.25, -0.2) is 4.39 Å². The first-order chi connectivity index (χ1) is 11.0. The van der Waals surface area contributed by atoms with Gasteiger partial charge in [0.15, 0.2) is 11.6 Å². The van der Waals surface area contributed by atoms with E-state index in [9.17, 15) is 9.18 Å². The van der Waals surface area contributed by atoms with Crippen LogP contribution in [0.3, 0.4) is 0 Å². The summed E-state index contributed by atoms with van der Waals surface area (Å²) in [5, 5.41) is 0. The Labute approximate surface area is 136 Å². The molecule has 23 heavy (non-hydrogen) atoms. The number of amides is 1. The van der Waals surface area contributed by atoms with Crippen LogP contribution < -0.4 is 16.2 Å². The lowest BCUT2D eigenvalue weighted by atomic mass is 10.2. The van der Waals surface area contributed by atoms with Gasteiger partial charge < -0.3 is 16.2 Å². The molecule has 1 aromatic carbocycles. The van der Waals surface area contributed by atoms with Gasteiger partial charge in [-0.05, 0) is 25.1 Å². The number of anilines is 1. The fourth-order valence-corrected chi connectivity index (χ4v) is 1.60. The number of halogens is 1. The SMILES string of the molecule is CC.CC.Cc1c(Oc2ccc(N)cc2F)ccnc1C(N)=O. The fraction of sp³-hybridized carbons (Fsp3) is 0.294. The number of pyridine rings is 1. The number of nitrogens with two attached hydrogens (primary N) is 2. The largest absolute Gasteiger partial charge is 0.454 e. The summed E-state index contributed by atoms with van der Waals surface area (Å²) in [5.41, 5.74) is 11.5. The highest BCUT2D eigenvalue weighted by atomic mass is 19.1. The monoisotopic (exact) mass is 321 g/mol. The van der Waals surface area contributed by atoms with Crippen LogP contribution in [0.2, 0.25) is 0 Å². The standard InChI is InChI=1S/C13H12FN3O2.2C2H6/c1-7-10(4-5-17-12(7)13(16)18)19-11-3-2-8(15)6-9(11)14;2*1-2/h2-6H,15H2,1H3,(H2,16,18);2*1-2H3. The molecule has 1 amide bonds. The Morgan fingerprint density at radius 3 is 2.26 bits per heavy atom. The van der Waals surface area contributed by atoms with E-state index in [1.807, 2.05) is 27.7 Å². The van der Waals surface area contributed by atoms with Gasteiger partial charge in [0.2, 0.25) is 0 Å². The number of hydrogen-bond acceptors (Lipinski definition) is 4. The van der Waals surface area contributed by atoms with Crippen LogP contribution in [0.1, 0.15) is 43.7 Å². The van der Waals surface area contributed by atoms with Crippen molar-refractivity contribution in [2.45, 2.75) is 34.6 Å². The van der Waals surface area contributed by atoms with Gasteiger partial charge in [0.1, 0.15) is 11.4 Å². The first-order valence-corrected chi connectivity index (χ1v) is 7.47. The summed E-state index contributed by atoms with van der Waals surface area (Å²) in [6.45, 7) is 9.62. The quantitative estimate of drug-likeness (QED) is 0.834. The zero-order valence-electron chi connectivity index (χ0n) is 14.2. The molecule has 2 aromatic rings. The van der Waals surface area contributed by atoms with Gasteiger partial charge in [-0.15, -0.1) is 0 Å². The van der Waals surface area contributed by atoms with Gasteiger partial charge >= 0.3 is 0 Å². The fourth-order valence-electron chi connectivity index (χ4n) is 1.60. The van der Waals surface area contributed by atoms with Gasteiger partial charge in [-0.1, -0.05) is 27.7 Å². The number of nitrogens with zero attached hydrogens (tertiary/aromatic N) is 1. The van der Waals surface area contributed by atoms with E-state index in [2.05, 4.69) is 4.98 Å². The summed E-state index contributed by atoms with van der Waals surface area (Å²) in [7, 11) is 0. The maximum Gasteiger partial charge on any atom is 0.267 e. The minimum Gasteiger partial charge on any atom is -0.454 e. The highest BCUT2D eigenvalue weighted by Gasteiger charge is 2.13. The molecule has 1 heterocycles. The summed E-state index contributed by atoms with van der Waals surface area (Å²) in [6, 6.07) is 5.61. The van der Waals surface area contributed by atoms with Crippen molar-refractivity contribution in [3.05, 3.63) is 47.5 Å². The lowest BCUT2D eigenvalue weighted by molar-refractivity contribution is 0.0994. The van der Waals surface area contributed by atoms with Crippen LogP contribution >= 0.6 is 0 Å². The van der Waals surface area contributed by atoms with Gasteiger partial charge in [-0.3, -0.25) is 9.78 Å². The van der Waals surface area contributed by atoms with Crippen LogP contribution in [0.25, 0.3) is 0 Å². The molecule has 0 aliphatic heterocycles. The average Bonchev–Trinajstić information content (AvgIpc) is 2.55. The van der Waals surface area contributed by atoms with E-state index in [0.29, 0.717) is 17.0 Å². The van der Waals surface area contributed by atoms with Crippen LogP contribution in [0, 0.1) is 12.7 Å². The van der Waals surface area contributed by atoms with Crippen molar-refractivity contribution >= 4 is 11.6 Å². The predicted molar refractivity (Wildman–Crippen MR) is 91.1 cm³/mol. The number of carbonyl (C=O) groups excluding carboxylic acids is 1. The summed E-state index contributed by atoms with van der Waals surface area (Å²) in [4.78, 5) is 15.0. The molecule has 0 unspecified atom stereocenters. The van der Waals surface area contributed by atoms with Gasteiger partial charge in [0.25, 0.3) is 5.91 Å². The van der Waals surface area contributed by atoms with Gasteiger partial charge in [-0.2, -0.15) is 0 Å². The molecule has 0 radical (unpaired) electrons. The van der Waals surface area contributed by atoms with E-state index in [0.717, 1.165) is 6.07 Å². The molecule has 0 saturated carbocycles. The van der Waals surface area contributed by atoms with Gasteiger partial charge in [0, 0.05) is 23.5 Å². The number of aromatic nitrogens is 1. The Morgan fingerprint density at radius 2 is 1.74 bits per heavy atom. The zero-order chi connectivity index (χ0) is 18.0. The minimum atomic E-state index is -0.666. The molecule has 0 aliphatic rings. The van der Waals surface area contributed by atoms with Crippen LogP contribution in [0.5, 0.6) is 11.5 Å². The predicted octanol–water partition coefficient (Wildman–Crippen LogP) is 4.05. The van der Waals surface area contributed by atoms with E-state index in [-0.39, 0.29) is 11.4 Å². The van der Waals surface area contributed by atoms with Crippen molar-refractivity contribution in [1.29, 1.82) is 0 Å². The van der Waals surface area contributed by atoms with Crippen LogP contribution in [-0.4, -0.2) is 10.9 Å². The molecule has 126 valence electrons. The molecule has 4 N–H and O–H groups in total. The molecule has 0 fully saturated rings. The lowest BCUT2D eigenvalue weighted by Gasteiger charge is -2.11. The first-order valence-electron chi connectivity index (χ1n) is 7.47. The summed E-state index contributed by atoms with van der Waals surface area (Å²) in [5.74, 6) is -0.927. The third-order valence-corrected chi connectivity index (χ3v) is 2.56. The zero-order valence-corrected chi connectivity index (χ0v) is 14.2. The summed E-state index contributed by atoms with van der Waals surface area (Å²) >= 11 is 0. The van der Waals surface area contributed by atoms with E-state index >= 15 is 0 Å². The maximum absolute atomic E-state index is 13.6. The Balaban J connectivity index is 0.00000112. The molecule has 0 saturated heterocycles. The highest BCUT2D eigenvalue weighted by molar-refractivity contribution is 5.92. The van der Waals surface area contributed by atoms with Crippen LogP contribution in [0.4, 0.5) is 10.1 Å². The summed E-state index contributed by atoms with van der Waals surface area (Å²) in [6.07, 6.45) is 1.37. The van der Waals surface area contributed by atoms with Crippen molar-refractivity contribution in [3.8, 4) is 11.5 Å². The number of nitrogen functional groups attached to an aromatic ring is 1. The second-order valence-electron chi connectivity index (χ2n) is 3.94. The average molecular weight is 321 g/mol. The Morgan fingerprint density at radius 1 is 1.13 bits per heavy atom. The molecule has 0 aliphatic carbocycles. The van der Waals surface area contributed by atoms with E-state index < -0.39 is 11.7 Å². The summed E-state index contributed by atoms with van der Waals surface area (Å²) < 4.78 is 19.0. The molecule has 2 rings (SSSR count). The maximum atomic E-state index is 13.6. The van der Waals surface area contributed by atoms with Crippen LogP contribution in [-0.2, 0) is 0 Å². The Bertz CT molecular complexity index is 646. The third kappa shape index (κ3) is 5.58. The van der Waals surface area contributed by atoms with E-state index in [1.165, 1.54) is 24.4 Å². The number of rotatable bonds is 3. The molecular weight excluding hydrogens is 297 g/mol. The minimum absolute atomic E-state index is 0.0129. The molecule has 0 spiro atoms. The molecule has 0 bridgehead atoms. The number of ether oxygens (including phenoxy) is 1. The second-order valence-corrected chi connectivity index (χ2v) is 3.94. The number of hydrogen-bond donors (Lipinski definition) is 2.